The number of methoxy groups -OCH3 is 1. The van der Waals surface area contributed by atoms with Gasteiger partial charge in [-0.25, -0.2) is 0 Å². The average molecular weight is 372 g/mol. The van der Waals surface area contributed by atoms with Gasteiger partial charge in [-0.2, -0.15) is 0 Å². The Balaban J connectivity index is 1.54. The quantitative estimate of drug-likeness (QED) is 0.486. The Morgan fingerprint density at radius 2 is 1.57 bits per heavy atom. The summed E-state index contributed by atoms with van der Waals surface area (Å²) < 4.78 is 7.57. The number of benzene rings is 3. The lowest BCUT2D eigenvalue weighted by Gasteiger charge is -2.08. The highest BCUT2D eigenvalue weighted by Crippen LogP contribution is 2.32. The molecule has 3 nitrogen and oxygen atoms in total. The van der Waals surface area contributed by atoms with Gasteiger partial charge in [-0.15, -0.1) is 0 Å². The molecule has 0 bridgehead atoms. The third-order valence-electron chi connectivity index (χ3n) is 5.40. The summed E-state index contributed by atoms with van der Waals surface area (Å²) in [6.07, 6.45) is 1.05. The smallest absolute Gasteiger partial charge is 0.118 e. The van der Waals surface area contributed by atoms with Crippen LogP contribution in [0.5, 0.6) is 5.75 Å². The Morgan fingerprint density at radius 1 is 0.857 bits per heavy atom. The van der Waals surface area contributed by atoms with Crippen molar-refractivity contribution in [1.29, 1.82) is 0 Å². The summed E-state index contributed by atoms with van der Waals surface area (Å²) in [6, 6.07) is 27.8. The van der Waals surface area contributed by atoms with Gasteiger partial charge in [0, 0.05) is 29.9 Å². The van der Waals surface area contributed by atoms with E-state index in [1.54, 1.807) is 7.11 Å². The van der Waals surface area contributed by atoms with Crippen LogP contribution in [0.3, 0.4) is 0 Å². The van der Waals surface area contributed by atoms with Crippen LogP contribution >= 0.6 is 0 Å². The average Bonchev–Trinajstić information content (AvgIpc) is 3.04. The number of nitrogens with two attached hydrogens (primary N) is 1. The zero-order valence-corrected chi connectivity index (χ0v) is 16.6. The molecule has 0 unspecified atom stereocenters. The molecule has 3 aromatic carbocycles. The molecule has 0 aliphatic rings. The summed E-state index contributed by atoms with van der Waals surface area (Å²) in [6.45, 7) is 2.03. The molecule has 4 rings (SSSR count). The molecule has 1 aromatic heterocycles. The summed E-state index contributed by atoms with van der Waals surface area (Å²) in [4.78, 5) is 0. The molecule has 1 heterocycles. The molecule has 0 radical (unpaired) electrons. The minimum atomic E-state index is 0.913. The topological polar surface area (TPSA) is 30.8 Å². The molecule has 28 heavy (non-hydrogen) atoms. The van der Waals surface area contributed by atoms with Gasteiger partial charge in [0.15, 0.2) is 0 Å². The first-order chi connectivity index (χ1) is 13.8. The van der Waals surface area contributed by atoms with E-state index in [-0.39, 0.29) is 0 Å². The number of fused-ring (bicyclic) bond motifs is 1. The van der Waals surface area contributed by atoms with Gasteiger partial charge in [-0.3, -0.25) is 0 Å². The zero-order valence-electron chi connectivity index (χ0n) is 16.6. The highest BCUT2D eigenvalue weighted by atomic mass is 16.5. The molecular weight excluding hydrogens is 344 g/mol. The highest BCUT2D eigenvalue weighted by Gasteiger charge is 2.17. The molecule has 3 heteroatoms. The van der Waals surface area contributed by atoms with E-state index >= 15 is 0 Å². The molecule has 0 fully saturated rings. The van der Waals surface area contributed by atoms with Gasteiger partial charge >= 0.3 is 0 Å². The number of hydrogen-bond acceptors (Lipinski definition) is 1. The van der Waals surface area contributed by atoms with Crippen LogP contribution in [0.15, 0.2) is 78.9 Å². The van der Waals surface area contributed by atoms with Crippen LogP contribution in [0.2, 0.25) is 0 Å². The second kappa shape index (κ2) is 8.32. The lowest BCUT2D eigenvalue weighted by Crippen LogP contribution is -2.83. The molecule has 0 aliphatic heterocycles. The third kappa shape index (κ3) is 3.67. The van der Waals surface area contributed by atoms with Crippen molar-refractivity contribution in [3.8, 4) is 17.0 Å². The highest BCUT2D eigenvalue weighted by molar-refractivity contribution is 5.91. The minimum Gasteiger partial charge on any atom is -0.497 e. The molecule has 0 aliphatic carbocycles. The molecule has 4 aromatic rings. The summed E-state index contributed by atoms with van der Waals surface area (Å²) in [5.74, 6) is 0.913. The van der Waals surface area contributed by atoms with E-state index in [2.05, 4.69) is 83.7 Å². The Morgan fingerprint density at radius 3 is 2.32 bits per heavy atom. The van der Waals surface area contributed by atoms with Gasteiger partial charge in [0.25, 0.3) is 0 Å². The number of aromatic nitrogens is 1. The first kappa shape index (κ1) is 18.3. The Bertz CT molecular complexity index is 1050. The summed E-state index contributed by atoms with van der Waals surface area (Å²) >= 11 is 0. The Labute approximate surface area is 166 Å². The van der Waals surface area contributed by atoms with E-state index in [9.17, 15) is 0 Å². The van der Waals surface area contributed by atoms with Gasteiger partial charge in [0.2, 0.25) is 0 Å². The summed E-state index contributed by atoms with van der Waals surface area (Å²) in [7, 11) is 3.88. The Kier molecular flexibility index (Phi) is 5.45. The molecule has 0 saturated heterocycles. The number of para-hydroxylation sites is 1. The molecule has 0 amide bonds. The van der Waals surface area contributed by atoms with Crippen LogP contribution in [0, 0.1) is 0 Å². The number of ether oxygens (including phenoxy) is 1. The van der Waals surface area contributed by atoms with Crippen molar-refractivity contribution in [2.24, 2.45) is 7.05 Å². The van der Waals surface area contributed by atoms with Crippen molar-refractivity contribution in [2.45, 2.75) is 13.0 Å². The van der Waals surface area contributed by atoms with Gasteiger partial charge in [0.1, 0.15) is 12.3 Å². The monoisotopic (exact) mass is 371 g/mol. The van der Waals surface area contributed by atoms with E-state index in [1.165, 1.54) is 33.3 Å². The maximum atomic E-state index is 5.24. The zero-order chi connectivity index (χ0) is 19.3. The normalized spacial score (nSPS) is 11.1. The van der Waals surface area contributed by atoms with Crippen molar-refractivity contribution in [3.63, 3.8) is 0 Å². The van der Waals surface area contributed by atoms with Crippen LogP contribution in [-0.2, 0) is 20.0 Å². The van der Waals surface area contributed by atoms with Gasteiger partial charge in [-0.05, 0) is 29.3 Å². The van der Waals surface area contributed by atoms with Gasteiger partial charge in [0.05, 0.1) is 19.3 Å². The lowest BCUT2D eigenvalue weighted by molar-refractivity contribution is -0.669. The van der Waals surface area contributed by atoms with Gasteiger partial charge in [-0.1, -0.05) is 60.7 Å². The standard InChI is InChI=1S/C25H26N2O/c1-27-24-11-7-6-10-22(24)23(25(27)20-8-4-3-5-9-20)18-26-17-16-19-12-14-21(28-2)15-13-19/h3-15,26H,16-18H2,1-2H3/p+1. The predicted octanol–water partition coefficient (Wildman–Crippen LogP) is 4.16. The fourth-order valence-electron chi connectivity index (χ4n) is 3.95. The fourth-order valence-corrected chi connectivity index (χ4v) is 3.95. The van der Waals surface area contributed by atoms with E-state index in [4.69, 9.17) is 4.74 Å². The molecular formula is C25H27N2O+. The van der Waals surface area contributed by atoms with Crippen LogP contribution in [0.1, 0.15) is 11.1 Å². The first-order valence-electron chi connectivity index (χ1n) is 9.84. The molecule has 0 saturated carbocycles. The number of nitrogens with zero attached hydrogens (tertiary/aromatic N) is 1. The van der Waals surface area contributed by atoms with E-state index in [0.29, 0.717) is 0 Å². The maximum absolute atomic E-state index is 5.24. The SMILES string of the molecule is COc1ccc(CC[NH2+]Cc2c(-c3ccccc3)n(C)c3ccccc23)cc1. The second-order valence-electron chi connectivity index (χ2n) is 7.15. The van der Waals surface area contributed by atoms with E-state index in [0.717, 1.165) is 25.3 Å². The van der Waals surface area contributed by atoms with E-state index < -0.39 is 0 Å². The van der Waals surface area contributed by atoms with Crippen molar-refractivity contribution in [3.05, 3.63) is 90.0 Å². The first-order valence-corrected chi connectivity index (χ1v) is 9.84. The summed E-state index contributed by atoms with van der Waals surface area (Å²) in [5.41, 5.74) is 6.65. The maximum Gasteiger partial charge on any atom is 0.118 e. The molecule has 142 valence electrons. The number of hydrogen-bond donors (Lipinski definition) is 1. The van der Waals surface area contributed by atoms with Crippen LogP contribution < -0.4 is 10.1 Å². The minimum absolute atomic E-state index is 0.913. The number of quaternary nitrogens is 1. The molecule has 0 spiro atoms. The van der Waals surface area contributed by atoms with Crippen LogP contribution in [0.25, 0.3) is 22.2 Å². The lowest BCUT2D eigenvalue weighted by atomic mass is 10.0. The fraction of sp³-hybridized carbons (Fsp3) is 0.200. The van der Waals surface area contributed by atoms with Crippen molar-refractivity contribution in [2.75, 3.05) is 13.7 Å². The molecule has 0 atom stereocenters. The van der Waals surface area contributed by atoms with Crippen molar-refractivity contribution >= 4 is 10.9 Å². The van der Waals surface area contributed by atoms with Crippen LogP contribution in [0.4, 0.5) is 0 Å². The number of aryl methyl sites for hydroxylation is 1. The van der Waals surface area contributed by atoms with Gasteiger partial charge < -0.3 is 14.6 Å². The van der Waals surface area contributed by atoms with Crippen molar-refractivity contribution in [1.82, 2.24) is 4.57 Å². The number of rotatable bonds is 7. The summed E-state index contributed by atoms with van der Waals surface area (Å²) in [5, 5.41) is 3.77. The van der Waals surface area contributed by atoms with Crippen molar-refractivity contribution < 1.29 is 10.1 Å². The third-order valence-corrected chi connectivity index (χ3v) is 5.40. The largest absolute Gasteiger partial charge is 0.497 e. The Hall–Kier alpha value is -3.04. The van der Waals surface area contributed by atoms with E-state index in [1.807, 2.05) is 12.1 Å². The predicted molar refractivity (Wildman–Crippen MR) is 116 cm³/mol. The van der Waals surface area contributed by atoms with Crippen LogP contribution in [-0.4, -0.2) is 18.2 Å². The second-order valence-corrected chi connectivity index (χ2v) is 7.15. The molecule has 2 N–H and O–H groups in total.